The second-order valence-corrected chi connectivity index (χ2v) is 5.21. The third kappa shape index (κ3) is 4.84. The number of nitrogens with one attached hydrogen (secondary N) is 1. The Bertz CT molecular complexity index is 589. The lowest BCUT2D eigenvalue weighted by Gasteiger charge is -2.09. The van der Waals surface area contributed by atoms with Gasteiger partial charge in [-0.1, -0.05) is 12.1 Å². The van der Waals surface area contributed by atoms with E-state index in [0.717, 1.165) is 17.1 Å². The van der Waals surface area contributed by atoms with Gasteiger partial charge in [0.05, 0.1) is 6.42 Å². The van der Waals surface area contributed by atoms with Crippen LogP contribution in [0.4, 0.5) is 5.69 Å². The van der Waals surface area contributed by atoms with Crippen molar-refractivity contribution < 1.29 is 9.53 Å². The molecule has 0 bridgehead atoms. The summed E-state index contributed by atoms with van der Waals surface area (Å²) in [6.07, 6.45) is 0.375. The Hall–Kier alpha value is -2.49. The lowest BCUT2D eigenvalue weighted by atomic mass is 10.1. The first-order valence-electron chi connectivity index (χ1n) is 6.94. The first-order valence-corrected chi connectivity index (χ1v) is 6.94. The third-order valence-electron chi connectivity index (χ3n) is 2.85. The number of hydrogen-bond donors (Lipinski definition) is 2. The molecule has 2 rings (SSSR count). The second kappa shape index (κ2) is 6.79. The lowest BCUT2D eigenvalue weighted by molar-refractivity contribution is -0.120. The summed E-state index contributed by atoms with van der Waals surface area (Å²) in [7, 11) is 0. The Balaban J connectivity index is 1.95. The van der Waals surface area contributed by atoms with Gasteiger partial charge in [0.15, 0.2) is 0 Å². The van der Waals surface area contributed by atoms with E-state index in [4.69, 9.17) is 10.5 Å². The van der Waals surface area contributed by atoms with E-state index in [2.05, 4.69) is 5.32 Å². The number of nitrogen functional groups attached to an aromatic ring is 1. The summed E-state index contributed by atoms with van der Waals surface area (Å²) in [6.45, 7) is 3.89. The molecule has 0 aliphatic carbocycles. The van der Waals surface area contributed by atoms with Crippen molar-refractivity contribution in [3.8, 4) is 11.5 Å². The minimum Gasteiger partial charge on any atom is -0.457 e. The summed E-state index contributed by atoms with van der Waals surface area (Å²) in [5, 5.41) is 2.87. The number of nitrogens with two attached hydrogens (primary N) is 1. The summed E-state index contributed by atoms with van der Waals surface area (Å²) in [5.41, 5.74) is 7.29. The number of hydrogen-bond acceptors (Lipinski definition) is 3. The SMILES string of the molecule is CC(C)NC(=O)Cc1ccc(Oc2ccc(N)cc2)cc1. The van der Waals surface area contributed by atoms with E-state index in [1.807, 2.05) is 50.2 Å². The van der Waals surface area contributed by atoms with E-state index in [-0.39, 0.29) is 11.9 Å². The van der Waals surface area contributed by atoms with Gasteiger partial charge in [0, 0.05) is 11.7 Å². The number of rotatable bonds is 5. The van der Waals surface area contributed by atoms with Gasteiger partial charge in [0.1, 0.15) is 11.5 Å². The fourth-order valence-electron chi connectivity index (χ4n) is 1.91. The minimum absolute atomic E-state index is 0.0252. The average Bonchev–Trinajstić information content (AvgIpc) is 2.42. The maximum absolute atomic E-state index is 11.7. The second-order valence-electron chi connectivity index (χ2n) is 5.21. The standard InChI is InChI=1S/C17H20N2O2/c1-12(2)19-17(20)11-13-3-7-15(8-4-13)21-16-9-5-14(18)6-10-16/h3-10,12H,11,18H2,1-2H3,(H,19,20). The highest BCUT2D eigenvalue weighted by Crippen LogP contribution is 2.22. The van der Waals surface area contributed by atoms with Crippen LogP contribution in [0.25, 0.3) is 0 Å². The van der Waals surface area contributed by atoms with Crippen LogP contribution in [0.3, 0.4) is 0 Å². The van der Waals surface area contributed by atoms with Crippen molar-refractivity contribution in [3.05, 3.63) is 54.1 Å². The molecule has 0 aliphatic rings. The van der Waals surface area contributed by atoms with Crippen LogP contribution in [0.15, 0.2) is 48.5 Å². The molecule has 0 spiro atoms. The zero-order valence-corrected chi connectivity index (χ0v) is 12.3. The molecule has 0 radical (unpaired) electrons. The molecule has 0 aliphatic heterocycles. The maximum Gasteiger partial charge on any atom is 0.224 e. The van der Waals surface area contributed by atoms with E-state index < -0.39 is 0 Å². The molecule has 0 heterocycles. The monoisotopic (exact) mass is 284 g/mol. The van der Waals surface area contributed by atoms with Crippen molar-refractivity contribution >= 4 is 11.6 Å². The number of carbonyl (C=O) groups excluding carboxylic acids is 1. The first kappa shape index (κ1) is 14.9. The third-order valence-corrected chi connectivity index (χ3v) is 2.85. The average molecular weight is 284 g/mol. The fourth-order valence-corrected chi connectivity index (χ4v) is 1.91. The van der Waals surface area contributed by atoms with Crippen molar-refractivity contribution in [2.75, 3.05) is 5.73 Å². The minimum atomic E-state index is 0.0252. The molecule has 2 aromatic rings. The molecule has 4 heteroatoms. The molecule has 21 heavy (non-hydrogen) atoms. The summed E-state index contributed by atoms with van der Waals surface area (Å²) in [6, 6.07) is 14.9. The van der Waals surface area contributed by atoms with Crippen LogP contribution in [0.2, 0.25) is 0 Å². The summed E-state index contributed by atoms with van der Waals surface area (Å²) < 4.78 is 5.70. The van der Waals surface area contributed by atoms with Gasteiger partial charge in [0.2, 0.25) is 5.91 Å². The maximum atomic E-state index is 11.7. The lowest BCUT2D eigenvalue weighted by Crippen LogP contribution is -2.31. The number of anilines is 1. The van der Waals surface area contributed by atoms with Gasteiger partial charge >= 0.3 is 0 Å². The molecular weight excluding hydrogens is 264 g/mol. The van der Waals surface area contributed by atoms with Gasteiger partial charge in [-0.25, -0.2) is 0 Å². The van der Waals surface area contributed by atoms with Crippen LogP contribution in [0.5, 0.6) is 11.5 Å². The van der Waals surface area contributed by atoms with E-state index in [9.17, 15) is 4.79 Å². The topological polar surface area (TPSA) is 64.3 Å². The first-order chi connectivity index (χ1) is 10.0. The van der Waals surface area contributed by atoms with Crippen molar-refractivity contribution in [1.82, 2.24) is 5.32 Å². The van der Waals surface area contributed by atoms with Gasteiger partial charge in [-0.05, 0) is 55.8 Å². The highest BCUT2D eigenvalue weighted by molar-refractivity contribution is 5.78. The molecule has 3 N–H and O–H groups in total. The van der Waals surface area contributed by atoms with Gasteiger partial charge in [-0.3, -0.25) is 4.79 Å². The van der Waals surface area contributed by atoms with Crippen LogP contribution in [-0.4, -0.2) is 11.9 Å². The van der Waals surface area contributed by atoms with Crippen molar-refractivity contribution in [1.29, 1.82) is 0 Å². The number of benzene rings is 2. The Morgan fingerprint density at radius 2 is 1.57 bits per heavy atom. The molecule has 0 saturated carbocycles. The quantitative estimate of drug-likeness (QED) is 0.829. The zero-order chi connectivity index (χ0) is 15.2. The van der Waals surface area contributed by atoms with Gasteiger partial charge in [-0.15, -0.1) is 0 Å². The van der Waals surface area contributed by atoms with E-state index in [0.29, 0.717) is 12.1 Å². The Labute approximate surface area is 124 Å². The molecule has 0 atom stereocenters. The summed E-state index contributed by atoms with van der Waals surface area (Å²) in [5.74, 6) is 1.49. The Morgan fingerprint density at radius 1 is 1.05 bits per heavy atom. The van der Waals surface area contributed by atoms with Crippen molar-refractivity contribution in [2.45, 2.75) is 26.3 Å². The molecule has 0 aromatic heterocycles. The number of ether oxygens (including phenoxy) is 1. The highest BCUT2D eigenvalue weighted by atomic mass is 16.5. The van der Waals surface area contributed by atoms with Crippen LogP contribution in [0.1, 0.15) is 19.4 Å². The normalized spacial score (nSPS) is 10.4. The van der Waals surface area contributed by atoms with Gasteiger partial charge < -0.3 is 15.8 Å². The van der Waals surface area contributed by atoms with Crippen molar-refractivity contribution in [2.24, 2.45) is 0 Å². The van der Waals surface area contributed by atoms with Gasteiger partial charge in [0.25, 0.3) is 0 Å². The number of carbonyl (C=O) groups is 1. The molecule has 0 unspecified atom stereocenters. The predicted octanol–water partition coefficient (Wildman–Crippen LogP) is 3.13. The molecule has 0 saturated heterocycles. The van der Waals surface area contributed by atoms with E-state index in [1.54, 1.807) is 12.1 Å². The summed E-state index contributed by atoms with van der Waals surface area (Å²) in [4.78, 5) is 11.7. The largest absolute Gasteiger partial charge is 0.457 e. The molecule has 110 valence electrons. The van der Waals surface area contributed by atoms with Crippen LogP contribution >= 0.6 is 0 Å². The predicted molar refractivity (Wildman–Crippen MR) is 84.4 cm³/mol. The van der Waals surface area contributed by atoms with Crippen LogP contribution in [-0.2, 0) is 11.2 Å². The number of amides is 1. The summed E-state index contributed by atoms with van der Waals surface area (Å²) >= 11 is 0. The Morgan fingerprint density at radius 3 is 2.10 bits per heavy atom. The zero-order valence-electron chi connectivity index (χ0n) is 12.3. The van der Waals surface area contributed by atoms with Crippen molar-refractivity contribution in [3.63, 3.8) is 0 Å². The Kier molecular flexibility index (Phi) is 4.82. The van der Waals surface area contributed by atoms with Crippen LogP contribution in [0, 0.1) is 0 Å². The highest BCUT2D eigenvalue weighted by Gasteiger charge is 2.05. The molecular formula is C17H20N2O2. The molecule has 2 aromatic carbocycles. The molecule has 1 amide bonds. The van der Waals surface area contributed by atoms with E-state index >= 15 is 0 Å². The van der Waals surface area contributed by atoms with Gasteiger partial charge in [-0.2, -0.15) is 0 Å². The van der Waals surface area contributed by atoms with E-state index in [1.165, 1.54) is 0 Å². The fraction of sp³-hybridized carbons (Fsp3) is 0.235. The molecule has 0 fully saturated rings. The van der Waals surface area contributed by atoms with Crippen LogP contribution < -0.4 is 15.8 Å². The smallest absolute Gasteiger partial charge is 0.224 e. The molecule has 4 nitrogen and oxygen atoms in total.